The zero-order chi connectivity index (χ0) is 18.9. The Kier molecular flexibility index (Phi) is 5.22. The molecule has 1 aromatic carbocycles. The summed E-state index contributed by atoms with van der Waals surface area (Å²) in [6.07, 6.45) is 0. The van der Waals surface area contributed by atoms with E-state index in [0.717, 1.165) is 9.13 Å². The number of rotatable bonds is 5. The van der Waals surface area contributed by atoms with Gasteiger partial charge in [-0.1, -0.05) is 18.2 Å². The lowest BCUT2D eigenvalue weighted by Crippen LogP contribution is -2.43. The molecule has 25 heavy (non-hydrogen) atoms. The van der Waals surface area contributed by atoms with Gasteiger partial charge >= 0.3 is 5.69 Å². The summed E-state index contributed by atoms with van der Waals surface area (Å²) in [5.41, 5.74) is 4.65. The standard InChI is InChI=1S/C17H21FN4O3/c1-10(11-7-5-6-8-12(11)18)20(2)9-13(23)14-15(19)21(3)17(25)22(4)16(14)24/h5-8,10H,9,19H2,1-4H3/t10-/m0/s1. The van der Waals surface area contributed by atoms with Crippen LogP contribution in [-0.2, 0) is 14.1 Å². The van der Waals surface area contributed by atoms with E-state index in [1.54, 1.807) is 37.1 Å². The molecular weight excluding hydrogens is 327 g/mol. The summed E-state index contributed by atoms with van der Waals surface area (Å²) in [6, 6.07) is 5.91. The molecule has 0 saturated carbocycles. The number of hydrogen-bond donors (Lipinski definition) is 1. The Morgan fingerprint density at radius 3 is 2.44 bits per heavy atom. The average Bonchev–Trinajstić information content (AvgIpc) is 2.58. The van der Waals surface area contributed by atoms with Crippen molar-refractivity contribution >= 4 is 11.6 Å². The Hall–Kier alpha value is -2.74. The summed E-state index contributed by atoms with van der Waals surface area (Å²) in [5.74, 6) is -1.07. The van der Waals surface area contributed by atoms with Crippen molar-refractivity contribution in [3.05, 3.63) is 62.0 Å². The maximum absolute atomic E-state index is 13.9. The third-order valence-electron chi connectivity index (χ3n) is 4.40. The molecule has 2 rings (SSSR count). The first-order valence-corrected chi connectivity index (χ1v) is 7.70. The first-order chi connectivity index (χ1) is 11.7. The molecule has 2 N–H and O–H groups in total. The number of ketones is 1. The van der Waals surface area contributed by atoms with Gasteiger partial charge in [-0.25, -0.2) is 9.18 Å². The normalized spacial score (nSPS) is 12.4. The fourth-order valence-corrected chi connectivity index (χ4v) is 2.62. The van der Waals surface area contributed by atoms with Crippen LogP contribution in [-0.4, -0.2) is 33.4 Å². The summed E-state index contributed by atoms with van der Waals surface area (Å²) in [6.45, 7) is 1.61. The van der Waals surface area contributed by atoms with Gasteiger partial charge in [0.1, 0.15) is 17.2 Å². The van der Waals surface area contributed by atoms with Crippen molar-refractivity contribution in [1.29, 1.82) is 0 Å². The molecule has 0 aliphatic rings. The summed E-state index contributed by atoms with van der Waals surface area (Å²) in [5, 5.41) is 0. The van der Waals surface area contributed by atoms with Crippen LogP contribution < -0.4 is 17.0 Å². The van der Waals surface area contributed by atoms with Gasteiger partial charge in [-0.05, 0) is 20.0 Å². The van der Waals surface area contributed by atoms with Gasteiger partial charge < -0.3 is 5.73 Å². The minimum Gasteiger partial charge on any atom is -0.384 e. The molecule has 134 valence electrons. The Balaban J connectivity index is 2.33. The van der Waals surface area contributed by atoms with Crippen molar-refractivity contribution in [2.75, 3.05) is 19.3 Å². The van der Waals surface area contributed by atoms with Gasteiger partial charge in [0, 0.05) is 25.7 Å². The van der Waals surface area contributed by atoms with Crippen LogP contribution in [0.3, 0.4) is 0 Å². The van der Waals surface area contributed by atoms with Crippen molar-refractivity contribution in [2.45, 2.75) is 13.0 Å². The van der Waals surface area contributed by atoms with Crippen LogP contribution in [0.25, 0.3) is 0 Å². The van der Waals surface area contributed by atoms with Gasteiger partial charge in [0.2, 0.25) is 0 Å². The zero-order valence-electron chi connectivity index (χ0n) is 14.6. The van der Waals surface area contributed by atoms with Crippen LogP contribution in [0.1, 0.15) is 28.9 Å². The van der Waals surface area contributed by atoms with Crippen molar-refractivity contribution in [3.63, 3.8) is 0 Å². The average molecular weight is 348 g/mol. The molecule has 0 aliphatic carbocycles. The van der Waals surface area contributed by atoms with E-state index in [9.17, 15) is 18.8 Å². The zero-order valence-corrected chi connectivity index (χ0v) is 14.6. The lowest BCUT2D eigenvalue weighted by Gasteiger charge is -2.25. The molecular formula is C17H21FN4O3. The second kappa shape index (κ2) is 7.02. The molecule has 2 aromatic rings. The number of hydrogen-bond acceptors (Lipinski definition) is 5. The Labute approximate surface area is 144 Å². The number of carbonyl (C=O) groups excluding carboxylic acids is 1. The number of benzene rings is 1. The molecule has 0 radical (unpaired) electrons. The summed E-state index contributed by atoms with van der Waals surface area (Å²) < 4.78 is 15.8. The van der Waals surface area contributed by atoms with Crippen molar-refractivity contribution in [3.8, 4) is 0 Å². The first-order valence-electron chi connectivity index (χ1n) is 7.70. The van der Waals surface area contributed by atoms with E-state index in [1.165, 1.54) is 20.2 Å². The molecule has 1 heterocycles. The minimum atomic E-state index is -0.738. The topological polar surface area (TPSA) is 90.3 Å². The third-order valence-corrected chi connectivity index (χ3v) is 4.40. The number of anilines is 1. The first kappa shape index (κ1) is 18.6. The number of carbonyl (C=O) groups is 1. The molecule has 0 amide bonds. The number of nitrogen functional groups attached to an aromatic ring is 1. The fraction of sp³-hybridized carbons (Fsp3) is 0.353. The highest BCUT2D eigenvalue weighted by Gasteiger charge is 2.24. The molecule has 7 nitrogen and oxygen atoms in total. The molecule has 0 fully saturated rings. The van der Waals surface area contributed by atoms with Crippen LogP contribution in [0.2, 0.25) is 0 Å². The molecule has 1 atom stereocenters. The third kappa shape index (κ3) is 3.39. The van der Waals surface area contributed by atoms with Crippen molar-refractivity contribution in [2.24, 2.45) is 14.1 Å². The smallest absolute Gasteiger partial charge is 0.332 e. The fourth-order valence-electron chi connectivity index (χ4n) is 2.62. The lowest BCUT2D eigenvalue weighted by atomic mass is 10.1. The number of nitrogens with two attached hydrogens (primary N) is 1. The van der Waals surface area contributed by atoms with Gasteiger partial charge in [0.25, 0.3) is 5.56 Å². The number of aromatic nitrogens is 2. The molecule has 0 unspecified atom stereocenters. The van der Waals surface area contributed by atoms with E-state index >= 15 is 0 Å². The van der Waals surface area contributed by atoms with E-state index < -0.39 is 17.0 Å². The number of likely N-dealkylation sites (N-methyl/N-ethyl adjacent to an activating group) is 1. The maximum Gasteiger partial charge on any atom is 0.332 e. The van der Waals surface area contributed by atoms with Crippen LogP contribution in [0.5, 0.6) is 0 Å². The largest absolute Gasteiger partial charge is 0.384 e. The van der Waals surface area contributed by atoms with Gasteiger partial charge in [0.15, 0.2) is 5.78 Å². The second-order valence-electron chi connectivity index (χ2n) is 6.00. The highest BCUT2D eigenvalue weighted by Crippen LogP contribution is 2.21. The van der Waals surface area contributed by atoms with Gasteiger partial charge in [-0.2, -0.15) is 0 Å². The van der Waals surface area contributed by atoms with Gasteiger partial charge in [0.05, 0.1) is 6.54 Å². The van der Waals surface area contributed by atoms with Crippen LogP contribution in [0, 0.1) is 5.82 Å². The second-order valence-corrected chi connectivity index (χ2v) is 6.00. The quantitative estimate of drug-likeness (QED) is 0.803. The SMILES string of the molecule is C[C@@H](c1ccccc1F)N(C)CC(=O)c1c(N)n(C)c(=O)n(C)c1=O. The Morgan fingerprint density at radius 1 is 1.24 bits per heavy atom. The molecule has 1 aromatic heterocycles. The van der Waals surface area contributed by atoms with Crippen LogP contribution in [0.15, 0.2) is 33.9 Å². The van der Waals surface area contributed by atoms with E-state index in [0.29, 0.717) is 5.56 Å². The van der Waals surface area contributed by atoms with Gasteiger partial charge in [-0.3, -0.25) is 23.6 Å². The van der Waals surface area contributed by atoms with Gasteiger partial charge in [-0.15, -0.1) is 0 Å². The summed E-state index contributed by atoms with van der Waals surface area (Å²) >= 11 is 0. The highest BCUT2D eigenvalue weighted by molar-refractivity contribution is 6.01. The van der Waals surface area contributed by atoms with Crippen molar-refractivity contribution < 1.29 is 9.18 Å². The number of halogens is 1. The summed E-state index contributed by atoms with van der Waals surface area (Å²) in [7, 11) is 4.32. The van der Waals surface area contributed by atoms with E-state index in [-0.39, 0.29) is 29.8 Å². The van der Waals surface area contributed by atoms with Crippen molar-refractivity contribution in [1.82, 2.24) is 14.0 Å². The van der Waals surface area contributed by atoms with E-state index in [2.05, 4.69) is 0 Å². The molecule has 0 saturated heterocycles. The molecule has 0 spiro atoms. The highest BCUT2D eigenvalue weighted by atomic mass is 19.1. The van der Waals surface area contributed by atoms with E-state index in [4.69, 9.17) is 5.73 Å². The predicted molar refractivity (Wildman–Crippen MR) is 93.1 cm³/mol. The minimum absolute atomic E-state index is 0.146. The molecule has 8 heteroatoms. The summed E-state index contributed by atoms with van der Waals surface area (Å²) in [4.78, 5) is 38.3. The molecule has 0 aliphatic heterocycles. The predicted octanol–water partition coefficient (Wildman–Crippen LogP) is 0.681. The monoisotopic (exact) mass is 348 g/mol. The molecule has 0 bridgehead atoms. The Bertz CT molecular complexity index is 932. The number of Topliss-reactive ketones (excluding diaryl/α,β-unsaturated/α-hetero) is 1. The lowest BCUT2D eigenvalue weighted by molar-refractivity contribution is 0.0921. The Morgan fingerprint density at radius 2 is 1.84 bits per heavy atom. The number of nitrogens with zero attached hydrogens (tertiary/aromatic N) is 3. The van der Waals surface area contributed by atoms with E-state index in [1.807, 2.05) is 0 Å². The maximum atomic E-state index is 13.9. The van der Waals surface area contributed by atoms with Crippen LogP contribution in [0.4, 0.5) is 10.2 Å². The van der Waals surface area contributed by atoms with Crippen LogP contribution >= 0.6 is 0 Å².